The van der Waals surface area contributed by atoms with Crippen molar-refractivity contribution in [2.24, 2.45) is 0 Å². The number of piperazine rings is 1. The minimum Gasteiger partial charge on any atom is -0.333 e. The molecule has 1 atom stereocenters. The number of thiazole rings is 1. The Labute approximate surface area is 210 Å². The third-order valence-corrected chi connectivity index (χ3v) is 8.28. The Hall–Kier alpha value is -3.77. The lowest BCUT2D eigenvalue weighted by atomic mass is 10.2. The van der Waals surface area contributed by atoms with Gasteiger partial charge in [0.05, 0.1) is 10.4 Å². The number of benzene rings is 2. The van der Waals surface area contributed by atoms with Gasteiger partial charge in [-0.1, -0.05) is 12.1 Å². The third kappa shape index (κ3) is 4.44. The number of halogens is 1. The first-order valence-corrected chi connectivity index (χ1v) is 13.5. The largest absolute Gasteiger partial charge is 0.333 e. The molecule has 1 aliphatic rings. The van der Waals surface area contributed by atoms with E-state index in [0.29, 0.717) is 23.1 Å². The monoisotopic (exact) mass is 527 g/mol. The molecule has 1 N–H and O–H groups in total. The normalized spacial score (nSPS) is 15.3. The number of amides is 2. The molecule has 186 valence electrons. The van der Waals surface area contributed by atoms with Gasteiger partial charge >= 0.3 is 0 Å². The molecule has 0 bridgehead atoms. The molecule has 2 aromatic carbocycles. The highest BCUT2D eigenvalue weighted by Crippen LogP contribution is 2.26. The van der Waals surface area contributed by atoms with Gasteiger partial charge in [0.1, 0.15) is 18.4 Å². The number of nitrogens with one attached hydrogen (secondary N) is 1. The highest BCUT2D eigenvalue weighted by Gasteiger charge is 2.31. The summed E-state index contributed by atoms with van der Waals surface area (Å²) in [7, 11) is -3.80. The fraction of sp³-hybridized carbons (Fsp3) is 0.208. The molecule has 36 heavy (non-hydrogen) atoms. The van der Waals surface area contributed by atoms with Gasteiger partial charge in [0.2, 0.25) is 11.8 Å². The number of anilines is 2. The fourth-order valence-electron chi connectivity index (χ4n) is 4.27. The highest BCUT2D eigenvalue weighted by molar-refractivity contribution is 7.93. The van der Waals surface area contributed by atoms with Gasteiger partial charge in [-0.2, -0.15) is 0 Å². The average Bonchev–Trinajstić information content (AvgIpc) is 3.53. The molecule has 0 unspecified atom stereocenters. The zero-order valence-electron chi connectivity index (χ0n) is 19.2. The second kappa shape index (κ2) is 9.36. The van der Waals surface area contributed by atoms with Crippen LogP contribution in [0.15, 0.2) is 71.2 Å². The van der Waals surface area contributed by atoms with Crippen molar-refractivity contribution in [3.05, 3.63) is 72.1 Å². The van der Waals surface area contributed by atoms with Crippen LogP contribution in [0.25, 0.3) is 10.9 Å². The Bertz CT molecular complexity index is 1530. The second-order valence-electron chi connectivity index (χ2n) is 8.32. The van der Waals surface area contributed by atoms with Gasteiger partial charge in [-0.25, -0.2) is 17.8 Å². The number of nitrogens with zero attached hydrogens (tertiary/aromatic N) is 4. The van der Waals surface area contributed by atoms with Crippen molar-refractivity contribution in [2.45, 2.75) is 17.9 Å². The van der Waals surface area contributed by atoms with Crippen molar-refractivity contribution >= 4 is 54.9 Å². The van der Waals surface area contributed by atoms with Crippen LogP contribution in [0.1, 0.15) is 13.0 Å². The Kier molecular flexibility index (Phi) is 6.22. The summed E-state index contributed by atoms with van der Waals surface area (Å²) in [5, 5.41) is 2.62. The summed E-state index contributed by atoms with van der Waals surface area (Å²) >= 11 is 1.17. The van der Waals surface area contributed by atoms with E-state index < -0.39 is 21.9 Å². The number of fused-ring (bicyclic) bond motifs is 1. The molecule has 1 saturated heterocycles. The smallest absolute Gasteiger partial charge is 0.263 e. The SMILES string of the molecule is C[C@@H](C(=O)N1CCN(c2ccc(S(=O)(=O)Nc3nccs3)cc2)C(=O)C1)n1ccc2cccc(F)c21. The van der Waals surface area contributed by atoms with Crippen molar-refractivity contribution in [3.63, 3.8) is 0 Å². The predicted octanol–water partition coefficient (Wildman–Crippen LogP) is 3.47. The number of sulfonamides is 1. The van der Waals surface area contributed by atoms with E-state index in [1.54, 1.807) is 53.4 Å². The molecule has 4 aromatic rings. The maximum absolute atomic E-state index is 14.4. The fourth-order valence-corrected chi connectivity index (χ4v) is 6.06. The van der Waals surface area contributed by atoms with Crippen LogP contribution in [0.5, 0.6) is 0 Å². The Morgan fingerprint density at radius 1 is 1.14 bits per heavy atom. The van der Waals surface area contributed by atoms with Gasteiger partial charge in [0.15, 0.2) is 5.13 Å². The highest BCUT2D eigenvalue weighted by atomic mass is 32.2. The predicted molar refractivity (Wildman–Crippen MR) is 135 cm³/mol. The van der Waals surface area contributed by atoms with Crippen LogP contribution < -0.4 is 9.62 Å². The Morgan fingerprint density at radius 3 is 2.61 bits per heavy atom. The van der Waals surface area contributed by atoms with Gasteiger partial charge < -0.3 is 14.4 Å². The molecule has 12 heteroatoms. The molecular weight excluding hydrogens is 505 g/mol. The second-order valence-corrected chi connectivity index (χ2v) is 10.9. The van der Waals surface area contributed by atoms with Crippen LogP contribution in [-0.4, -0.2) is 54.3 Å². The number of carbonyl (C=O) groups excluding carboxylic acids is 2. The lowest BCUT2D eigenvalue weighted by Crippen LogP contribution is -2.53. The van der Waals surface area contributed by atoms with Gasteiger partial charge in [-0.3, -0.25) is 14.3 Å². The Morgan fingerprint density at radius 2 is 1.92 bits per heavy atom. The summed E-state index contributed by atoms with van der Waals surface area (Å²) in [6, 6.07) is 11.8. The third-order valence-electron chi connectivity index (χ3n) is 6.11. The van der Waals surface area contributed by atoms with E-state index >= 15 is 0 Å². The summed E-state index contributed by atoms with van der Waals surface area (Å²) in [6.45, 7) is 2.10. The van der Waals surface area contributed by atoms with E-state index in [1.807, 2.05) is 0 Å². The van der Waals surface area contributed by atoms with Crippen molar-refractivity contribution in [1.29, 1.82) is 0 Å². The van der Waals surface area contributed by atoms with Gasteiger partial charge in [-0.05, 0) is 43.3 Å². The summed E-state index contributed by atoms with van der Waals surface area (Å²) in [4.78, 5) is 33.0. The molecule has 2 aromatic heterocycles. The van der Waals surface area contributed by atoms with Gasteiger partial charge in [-0.15, -0.1) is 11.3 Å². The standard InChI is InChI=1S/C24H22FN5O4S2/c1-16(29-11-9-17-3-2-4-20(25)22(17)29)23(32)28-12-13-30(21(31)15-28)18-5-7-19(8-6-18)36(33,34)27-24-26-10-14-35-24/h2-11,14,16H,12-13,15H2,1H3,(H,26,27)/t16-/m0/s1. The van der Waals surface area contributed by atoms with E-state index in [1.165, 1.54) is 45.5 Å². The summed E-state index contributed by atoms with van der Waals surface area (Å²) < 4.78 is 43.5. The van der Waals surface area contributed by atoms with Crippen LogP contribution >= 0.6 is 11.3 Å². The van der Waals surface area contributed by atoms with E-state index in [-0.39, 0.29) is 34.9 Å². The van der Waals surface area contributed by atoms with Crippen molar-refractivity contribution in [1.82, 2.24) is 14.5 Å². The van der Waals surface area contributed by atoms with Crippen LogP contribution in [0.4, 0.5) is 15.2 Å². The first kappa shape index (κ1) is 23.9. The molecule has 3 heterocycles. The molecule has 1 fully saturated rings. The number of hydrogen-bond donors (Lipinski definition) is 1. The molecule has 0 saturated carbocycles. The lowest BCUT2D eigenvalue weighted by molar-refractivity contribution is -0.139. The number of hydrogen-bond acceptors (Lipinski definition) is 6. The average molecular weight is 528 g/mol. The van der Waals surface area contributed by atoms with Gasteiger partial charge in [0.25, 0.3) is 10.0 Å². The van der Waals surface area contributed by atoms with E-state index in [0.717, 1.165) is 0 Å². The zero-order chi connectivity index (χ0) is 25.4. The first-order valence-electron chi connectivity index (χ1n) is 11.1. The van der Waals surface area contributed by atoms with E-state index in [4.69, 9.17) is 0 Å². The topological polar surface area (TPSA) is 105 Å². The quantitative estimate of drug-likeness (QED) is 0.414. The summed E-state index contributed by atoms with van der Waals surface area (Å²) in [5.41, 5.74) is 0.884. The van der Waals surface area contributed by atoms with Crippen LogP contribution in [0, 0.1) is 5.82 Å². The number of aromatic nitrogens is 2. The molecule has 0 spiro atoms. The van der Waals surface area contributed by atoms with E-state index in [2.05, 4.69) is 9.71 Å². The number of para-hydroxylation sites is 1. The maximum atomic E-state index is 14.4. The van der Waals surface area contributed by atoms with Crippen LogP contribution in [0.3, 0.4) is 0 Å². The van der Waals surface area contributed by atoms with Gasteiger partial charge in [0, 0.05) is 41.9 Å². The van der Waals surface area contributed by atoms with Crippen molar-refractivity contribution in [2.75, 3.05) is 29.3 Å². The molecule has 0 aliphatic carbocycles. The summed E-state index contributed by atoms with van der Waals surface area (Å²) in [5.74, 6) is -0.981. The number of carbonyl (C=O) groups is 2. The van der Waals surface area contributed by atoms with Crippen LogP contribution in [0.2, 0.25) is 0 Å². The molecule has 5 rings (SSSR count). The molecule has 0 radical (unpaired) electrons. The zero-order valence-corrected chi connectivity index (χ0v) is 20.8. The first-order chi connectivity index (χ1) is 17.2. The van der Waals surface area contributed by atoms with Crippen LogP contribution in [-0.2, 0) is 19.6 Å². The molecule has 1 aliphatic heterocycles. The lowest BCUT2D eigenvalue weighted by Gasteiger charge is -2.35. The Balaban J connectivity index is 1.27. The van der Waals surface area contributed by atoms with E-state index in [9.17, 15) is 22.4 Å². The summed E-state index contributed by atoms with van der Waals surface area (Å²) in [6.07, 6.45) is 3.18. The molecule has 2 amide bonds. The minimum atomic E-state index is -3.80. The maximum Gasteiger partial charge on any atom is 0.263 e. The number of rotatable bonds is 6. The molecular formula is C24H22FN5O4S2. The van der Waals surface area contributed by atoms with Crippen molar-refractivity contribution < 1.29 is 22.4 Å². The van der Waals surface area contributed by atoms with Crippen molar-refractivity contribution in [3.8, 4) is 0 Å². The molecule has 9 nitrogen and oxygen atoms in total. The minimum absolute atomic E-state index is 0.0442.